The van der Waals surface area contributed by atoms with E-state index in [1.54, 1.807) is 25.4 Å². The number of carbonyl (C=O) groups is 1. The molecule has 30 heavy (non-hydrogen) atoms. The van der Waals surface area contributed by atoms with Gasteiger partial charge in [-0.3, -0.25) is 0 Å². The highest BCUT2D eigenvalue weighted by atomic mass is 19.4. The number of urea groups is 1. The van der Waals surface area contributed by atoms with Crippen LogP contribution in [0.1, 0.15) is 23.7 Å². The topological polar surface area (TPSA) is 84.2 Å². The third-order valence-electron chi connectivity index (χ3n) is 4.77. The summed E-state index contributed by atoms with van der Waals surface area (Å²) in [5, 5.41) is 6.43. The first-order chi connectivity index (χ1) is 14.2. The molecule has 1 atom stereocenters. The molecule has 1 N–H and O–H groups in total. The molecule has 0 saturated carbocycles. The second kappa shape index (κ2) is 7.39. The highest BCUT2D eigenvalue weighted by Crippen LogP contribution is 2.34. The Morgan fingerprint density at radius 2 is 2.00 bits per heavy atom. The van der Waals surface area contributed by atoms with Gasteiger partial charge in [0.05, 0.1) is 17.8 Å². The summed E-state index contributed by atoms with van der Waals surface area (Å²) in [6.07, 6.45) is -1.40. The maximum absolute atomic E-state index is 13.5. The van der Waals surface area contributed by atoms with E-state index in [1.807, 2.05) is 0 Å². The fourth-order valence-corrected chi connectivity index (χ4v) is 3.26. The highest BCUT2D eigenvalue weighted by molar-refractivity contribution is 5.90. The molecule has 0 fully saturated rings. The van der Waals surface area contributed by atoms with E-state index >= 15 is 0 Å². The van der Waals surface area contributed by atoms with Gasteiger partial charge in [-0.25, -0.2) is 19.2 Å². The molecule has 156 valence electrons. The Kier molecular flexibility index (Phi) is 4.88. The molecule has 4 rings (SSSR count). The zero-order chi connectivity index (χ0) is 21.5. The summed E-state index contributed by atoms with van der Waals surface area (Å²) in [6, 6.07) is 3.03. The van der Waals surface area contributed by atoms with Crippen molar-refractivity contribution >= 4 is 11.7 Å². The second-order valence-electron chi connectivity index (χ2n) is 6.81. The summed E-state index contributed by atoms with van der Waals surface area (Å²) in [5.41, 5.74) is -0.319. The molecule has 1 aliphatic heterocycles. The van der Waals surface area contributed by atoms with Gasteiger partial charge in [0.25, 0.3) is 0 Å². The lowest BCUT2D eigenvalue weighted by Gasteiger charge is -2.32. The first-order valence-electron chi connectivity index (χ1n) is 8.93. The highest BCUT2D eigenvalue weighted by Gasteiger charge is 2.35. The van der Waals surface area contributed by atoms with Crippen LogP contribution in [-0.4, -0.2) is 32.1 Å². The number of fused-ring (bicyclic) bond motifs is 1. The number of anilines is 1. The fourth-order valence-electron chi connectivity index (χ4n) is 3.26. The molecule has 3 aromatic rings. The summed E-state index contributed by atoms with van der Waals surface area (Å²) in [4.78, 5) is 22.4. The van der Waals surface area contributed by atoms with Crippen LogP contribution in [0.5, 0.6) is 0 Å². The number of rotatable bonds is 2. The second-order valence-corrected chi connectivity index (χ2v) is 6.81. The summed E-state index contributed by atoms with van der Waals surface area (Å²) in [7, 11) is 0. The Morgan fingerprint density at radius 1 is 1.27 bits per heavy atom. The normalized spacial score (nSPS) is 16.3. The minimum Gasteiger partial charge on any atom is -0.352 e. The van der Waals surface area contributed by atoms with Gasteiger partial charge < -0.3 is 14.7 Å². The number of nitrogens with one attached hydrogen (secondary N) is 1. The molecular weight excluding hydrogens is 406 g/mol. The lowest BCUT2D eigenvalue weighted by molar-refractivity contribution is -0.139. The first-order valence-corrected chi connectivity index (χ1v) is 8.93. The molecule has 0 saturated heterocycles. The molecule has 3 heterocycles. The van der Waals surface area contributed by atoms with Gasteiger partial charge in [-0.05, 0) is 31.2 Å². The van der Waals surface area contributed by atoms with Crippen LogP contribution in [0.25, 0.3) is 11.6 Å². The quantitative estimate of drug-likeness (QED) is 0.625. The van der Waals surface area contributed by atoms with Crippen LogP contribution in [0.2, 0.25) is 0 Å². The number of amides is 2. The van der Waals surface area contributed by atoms with Crippen molar-refractivity contribution in [3.63, 3.8) is 0 Å². The standard InChI is InChI=1S/C19H15F4N5O2/c1-10-7-15-12(16(30-27-15)17-24-5-2-6-25-17)9-28(10)18(29)26-11-3-4-14(20)13(8-11)19(21,22)23/h2-6,8,10H,7,9H2,1H3,(H,26,29)/t10-/m0/s1. The molecule has 11 heteroatoms. The van der Waals surface area contributed by atoms with Gasteiger partial charge in [-0.2, -0.15) is 13.2 Å². The average molecular weight is 421 g/mol. The van der Waals surface area contributed by atoms with Crippen LogP contribution in [0.4, 0.5) is 28.0 Å². The Labute approximate surface area is 167 Å². The number of alkyl halides is 3. The number of aromatic nitrogens is 3. The van der Waals surface area contributed by atoms with Gasteiger partial charge in [-0.1, -0.05) is 5.16 Å². The molecule has 0 spiro atoms. The molecule has 0 unspecified atom stereocenters. The van der Waals surface area contributed by atoms with Gasteiger partial charge in [0.2, 0.25) is 5.76 Å². The SMILES string of the molecule is C[C@H]1Cc2noc(-c3ncccn3)c2CN1C(=O)Nc1ccc(F)c(C(F)(F)F)c1. The van der Waals surface area contributed by atoms with E-state index < -0.39 is 23.6 Å². The van der Waals surface area contributed by atoms with Crippen molar-refractivity contribution in [2.75, 3.05) is 5.32 Å². The van der Waals surface area contributed by atoms with E-state index in [4.69, 9.17) is 4.52 Å². The summed E-state index contributed by atoms with van der Waals surface area (Å²) in [6.45, 7) is 1.88. The predicted molar refractivity (Wildman–Crippen MR) is 96.7 cm³/mol. The van der Waals surface area contributed by atoms with E-state index in [-0.39, 0.29) is 18.3 Å². The minimum absolute atomic E-state index is 0.104. The van der Waals surface area contributed by atoms with Crippen molar-refractivity contribution < 1.29 is 26.9 Å². The van der Waals surface area contributed by atoms with Crippen molar-refractivity contribution in [3.8, 4) is 11.6 Å². The lowest BCUT2D eigenvalue weighted by atomic mass is 10.00. The number of hydrogen-bond acceptors (Lipinski definition) is 5. The van der Waals surface area contributed by atoms with Crippen LogP contribution >= 0.6 is 0 Å². The molecule has 1 aliphatic rings. The molecule has 0 bridgehead atoms. The largest absolute Gasteiger partial charge is 0.419 e. The van der Waals surface area contributed by atoms with E-state index in [2.05, 4.69) is 20.4 Å². The van der Waals surface area contributed by atoms with E-state index in [0.717, 1.165) is 6.07 Å². The van der Waals surface area contributed by atoms with Crippen molar-refractivity contribution in [2.24, 2.45) is 0 Å². The average Bonchev–Trinajstić information content (AvgIpc) is 3.11. The number of hydrogen-bond donors (Lipinski definition) is 1. The van der Waals surface area contributed by atoms with Crippen LogP contribution in [0, 0.1) is 5.82 Å². The van der Waals surface area contributed by atoms with Crippen LogP contribution in [0.15, 0.2) is 41.2 Å². The maximum atomic E-state index is 13.5. The number of halogens is 4. The van der Waals surface area contributed by atoms with Gasteiger partial charge >= 0.3 is 12.2 Å². The molecule has 1 aromatic carbocycles. The number of nitrogens with zero attached hydrogens (tertiary/aromatic N) is 4. The van der Waals surface area contributed by atoms with Crippen LogP contribution < -0.4 is 5.32 Å². The lowest BCUT2D eigenvalue weighted by Crippen LogP contribution is -2.44. The molecule has 7 nitrogen and oxygen atoms in total. The number of benzene rings is 1. The van der Waals surface area contributed by atoms with Gasteiger partial charge in [0.1, 0.15) is 5.82 Å². The summed E-state index contributed by atoms with van der Waals surface area (Å²) in [5.74, 6) is -0.764. The van der Waals surface area contributed by atoms with E-state index in [0.29, 0.717) is 41.4 Å². The molecule has 2 amide bonds. The monoisotopic (exact) mass is 421 g/mol. The van der Waals surface area contributed by atoms with Crippen LogP contribution in [-0.2, 0) is 19.1 Å². The van der Waals surface area contributed by atoms with Crippen molar-refractivity contribution in [1.82, 2.24) is 20.0 Å². The Hall–Kier alpha value is -3.50. The van der Waals surface area contributed by atoms with Crippen molar-refractivity contribution in [2.45, 2.75) is 32.1 Å². The molecular formula is C19H15F4N5O2. The Morgan fingerprint density at radius 3 is 2.70 bits per heavy atom. The number of carbonyl (C=O) groups excluding carboxylic acids is 1. The Bertz CT molecular complexity index is 1080. The maximum Gasteiger partial charge on any atom is 0.419 e. The predicted octanol–water partition coefficient (Wildman–Crippen LogP) is 4.27. The van der Waals surface area contributed by atoms with Crippen molar-refractivity contribution in [1.29, 1.82) is 0 Å². The van der Waals surface area contributed by atoms with Gasteiger partial charge in [-0.15, -0.1) is 0 Å². The fraction of sp³-hybridized carbons (Fsp3) is 0.263. The summed E-state index contributed by atoms with van der Waals surface area (Å²) >= 11 is 0. The zero-order valence-corrected chi connectivity index (χ0v) is 15.6. The van der Waals surface area contributed by atoms with E-state index in [9.17, 15) is 22.4 Å². The smallest absolute Gasteiger partial charge is 0.352 e. The van der Waals surface area contributed by atoms with Crippen molar-refractivity contribution in [3.05, 3.63) is 59.3 Å². The van der Waals surface area contributed by atoms with Gasteiger partial charge in [0.15, 0.2) is 5.82 Å². The third-order valence-corrected chi connectivity index (χ3v) is 4.77. The minimum atomic E-state index is -4.87. The van der Waals surface area contributed by atoms with E-state index in [1.165, 1.54) is 4.90 Å². The first kappa shape index (κ1) is 19.8. The molecule has 0 radical (unpaired) electrons. The summed E-state index contributed by atoms with van der Waals surface area (Å²) < 4.78 is 57.6. The zero-order valence-electron chi connectivity index (χ0n) is 15.6. The Balaban J connectivity index is 1.58. The third kappa shape index (κ3) is 3.70. The van der Waals surface area contributed by atoms with Gasteiger partial charge in [0, 0.05) is 36.1 Å². The van der Waals surface area contributed by atoms with Crippen LogP contribution in [0.3, 0.4) is 0 Å². The molecule has 0 aliphatic carbocycles. The molecule has 2 aromatic heterocycles.